The van der Waals surface area contributed by atoms with E-state index in [1.165, 1.54) is 24.9 Å². The van der Waals surface area contributed by atoms with Crippen molar-refractivity contribution in [1.82, 2.24) is 4.57 Å². The lowest BCUT2D eigenvalue weighted by molar-refractivity contribution is -0.385. The largest absolute Gasteiger partial charge is 0.496 e. The van der Waals surface area contributed by atoms with Crippen LogP contribution in [0, 0.1) is 17.0 Å². The van der Waals surface area contributed by atoms with E-state index in [2.05, 4.69) is 20.9 Å². The summed E-state index contributed by atoms with van der Waals surface area (Å²) >= 11 is 4.60. The van der Waals surface area contributed by atoms with Crippen molar-refractivity contribution < 1.29 is 23.9 Å². The van der Waals surface area contributed by atoms with Crippen LogP contribution in [0.3, 0.4) is 0 Å². The lowest BCUT2D eigenvalue weighted by atomic mass is 9.94. The number of methoxy groups -OCH3 is 2. The normalized spacial score (nSPS) is 15.1. The van der Waals surface area contributed by atoms with Gasteiger partial charge in [0.1, 0.15) is 11.5 Å². The van der Waals surface area contributed by atoms with Gasteiger partial charge in [0.2, 0.25) is 0 Å². The quantitative estimate of drug-likeness (QED) is 0.229. The van der Waals surface area contributed by atoms with Gasteiger partial charge in [-0.15, -0.1) is 0 Å². The highest BCUT2D eigenvalue weighted by Crippen LogP contribution is 2.35. The Kier molecular flexibility index (Phi) is 7.83. The van der Waals surface area contributed by atoms with Crippen LogP contribution in [-0.4, -0.2) is 36.3 Å². The van der Waals surface area contributed by atoms with Crippen molar-refractivity contribution in [2.75, 3.05) is 20.8 Å². The van der Waals surface area contributed by atoms with Crippen LogP contribution in [0.5, 0.6) is 11.5 Å². The molecular formula is C26H24BrN3O7S. The van der Waals surface area contributed by atoms with Crippen molar-refractivity contribution in [3.05, 3.63) is 92.6 Å². The molecule has 0 spiro atoms. The van der Waals surface area contributed by atoms with E-state index < -0.39 is 22.5 Å². The standard InChI is InChI=1S/C26H24BrN3O7S/c1-6-37-25(32)22-14(3)28-26-29(23(22)15-8-7-13(2)18(10-15)30(33)34)24(31)21(38-26)11-16-9-17(27)20(36-5)12-19(16)35-4/h7-12,23H,6H2,1-5H3/b21-11+/t23-/m0/s1. The average molecular weight is 602 g/mol. The minimum Gasteiger partial charge on any atom is -0.496 e. The molecule has 12 heteroatoms. The number of rotatable bonds is 7. The van der Waals surface area contributed by atoms with Gasteiger partial charge in [-0.2, -0.15) is 0 Å². The number of hydrogen-bond donors (Lipinski definition) is 0. The maximum Gasteiger partial charge on any atom is 0.338 e. The van der Waals surface area contributed by atoms with Crippen molar-refractivity contribution >= 4 is 45.0 Å². The molecule has 3 aromatic rings. The summed E-state index contributed by atoms with van der Waals surface area (Å²) in [5.41, 5.74) is 1.47. The number of carbonyl (C=O) groups excluding carboxylic acids is 1. The maximum atomic E-state index is 13.8. The van der Waals surface area contributed by atoms with E-state index >= 15 is 0 Å². The number of thiazole rings is 1. The number of fused-ring (bicyclic) bond motifs is 1. The fourth-order valence-corrected chi connectivity index (χ4v) is 5.80. The number of carbonyl (C=O) groups is 1. The Morgan fingerprint density at radius 2 is 1.92 bits per heavy atom. The molecular weight excluding hydrogens is 578 g/mol. The molecule has 1 atom stereocenters. The molecule has 10 nitrogen and oxygen atoms in total. The molecule has 4 rings (SSSR count). The van der Waals surface area contributed by atoms with Crippen LogP contribution in [0.25, 0.3) is 6.08 Å². The summed E-state index contributed by atoms with van der Waals surface area (Å²) in [6.07, 6.45) is 1.67. The second-order valence-corrected chi connectivity index (χ2v) is 10.2. The molecule has 0 radical (unpaired) electrons. The van der Waals surface area contributed by atoms with Crippen LogP contribution in [0.2, 0.25) is 0 Å². The maximum absolute atomic E-state index is 13.8. The van der Waals surface area contributed by atoms with Gasteiger partial charge in [0.05, 0.1) is 52.1 Å². The van der Waals surface area contributed by atoms with Gasteiger partial charge in [-0.3, -0.25) is 19.5 Å². The molecule has 2 aromatic carbocycles. The lowest BCUT2D eigenvalue weighted by Crippen LogP contribution is -2.40. The first kappa shape index (κ1) is 27.3. The van der Waals surface area contributed by atoms with Gasteiger partial charge in [-0.05, 0) is 54.4 Å². The van der Waals surface area contributed by atoms with Crippen molar-refractivity contribution in [2.45, 2.75) is 26.8 Å². The number of aryl methyl sites for hydroxylation is 1. The average Bonchev–Trinajstić information content (AvgIpc) is 3.17. The third kappa shape index (κ3) is 4.88. The number of esters is 1. The smallest absolute Gasteiger partial charge is 0.338 e. The predicted molar refractivity (Wildman–Crippen MR) is 145 cm³/mol. The number of nitro benzene ring substituents is 1. The number of nitrogens with zero attached hydrogens (tertiary/aromatic N) is 3. The fourth-order valence-electron chi connectivity index (χ4n) is 4.24. The highest BCUT2D eigenvalue weighted by Gasteiger charge is 2.34. The number of nitro groups is 1. The van der Waals surface area contributed by atoms with Crippen molar-refractivity contribution in [1.29, 1.82) is 0 Å². The third-order valence-corrected chi connectivity index (χ3v) is 7.66. The SMILES string of the molecule is CCOC(=O)C1=C(C)N=c2s/c(=C/c3cc(Br)c(OC)cc3OC)c(=O)n2[C@H]1c1ccc(C)c([N+](=O)[O-])c1. The van der Waals surface area contributed by atoms with Gasteiger partial charge >= 0.3 is 5.97 Å². The zero-order valence-corrected chi connectivity index (χ0v) is 23.6. The zero-order valence-electron chi connectivity index (χ0n) is 21.2. The highest BCUT2D eigenvalue weighted by molar-refractivity contribution is 9.10. The van der Waals surface area contributed by atoms with Crippen LogP contribution in [-0.2, 0) is 9.53 Å². The zero-order chi connectivity index (χ0) is 27.7. The number of allylic oxidation sites excluding steroid dienone is 1. The van der Waals surface area contributed by atoms with Gasteiger partial charge in [-0.1, -0.05) is 23.5 Å². The van der Waals surface area contributed by atoms with Gasteiger partial charge in [-0.25, -0.2) is 9.79 Å². The second kappa shape index (κ2) is 10.9. The number of hydrogen-bond acceptors (Lipinski definition) is 9. The first-order chi connectivity index (χ1) is 18.1. The Balaban J connectivity index is 2.00. The highest BCUT2D eigenvalue weighted by atomic mass is 79.9. The first-order valence-electron chi connectivity index (χ1n) is 11.5. The van der Waals surface area contributed by atoms with Crippen molar-refractivity contribution in [3.63, 3.8) is 0 Å². The van der Waals surface area contributed by atoms with Crippen molar-refractivity contribution in [2.24, 2.45) is 4.99 Å². The molecule has 0 bridgehead atoms. The Hall–Kier alpha value is -3.77. The molecule has 198 valence electrons. The van der Waals surface area contributed by atoms with Gasteiger partial charge < -0.3 is 14.2 Å². The summed E-state index contributed by atoms with van der Waals surface area (Å²) < 4.78 is 18.5. The molecule has 0 fully saturated rings. The molecule has 0 N–H and O–H groups in total. The Bertz CT molecular complexity index is 1670. The first-order valence-corrected chi connectivity index (χ1v) is 13.1. The Morgan fingerprint density at radius 3 is 2.55 bits per heavy atom. The van der Waals surface area contributed by atoms with E-state index in [4.69, 9.17) is 14.2 Å². The molecule has 0 amide bonds. The van der Waals surface area contributed by atoms with Crippen LogP contribution >= 0.6 is 27.3 Å². The molecule has 0 unspecified atom stereocenters. The number of benzene rings is 2. The van der Waals surface area contributed by atoms with Gasteiger partial charge in [0.15, 0.2) is 4.80 Å². The third-order valence-electron chi connectivity index (χ3n) is 6.05. The predicted octanol–water partition coefficient (Wildman–Crippen LogP) is 3.79. The summed E-state index contributed by atoms with van der Waals surface area (Å²) in [6, 6.07) is 7.16. The minimum absolute atomic E-state index is 0.115. The summed E-state index contributed by atoms with van der Waals surface area (Å²) in [7, 11) is 3.05. The molecule has 0 saturated heterocycles. The van der Waals surface area contributed by atoms with Crippen molar-refractivity contribution in [3.8, 4) is 11.5 Å². The molecule has 38 heavy (non-hydrogen) atoms. The topological polar surface area (TPSA) is 122 Å². The second-order valence-electron chi connectivity index (χ2n) is 8.33. The van der Waals surface area contributed by atoms with Gasteiger partial charge in [0.25, 0.3) is 11.2 Å². The molecule has 2 heterocycles. The van der Waals surface area contributed by atoms with Crippen LogP contribution in [0.4, 0.5) is 5.69 Å². The van der Waals surface area contributed by atoms with E-state index in [0.717, 1.165) is 11.3 Å². The summed E-state index contributed by atoms with van der Waals surface area (Å²) in [5, 5.41) is 11.7. The monoisotopic (exact) mass is 601 g/mol. The van der Waals surface area contributed by atoms with E-state index in [1.807, 2.05) is 0 Å². The van der Waals surface area contributed by atoms with E-state index in [0.29, 0.717) is 47.7 Å². The van der Waals surface area contributed by atoms with Crippen LogP contribution in [0.15, 0.2) is 55.9 Å². The molecule has 1 aliphatic heterocycles. The summed E-state index contributed by atoms with van der Waals surface area (Å²) in [6.45, 7) is 5.08. The van der Waals surface area contributed by atoms with Crippen LogP contribution in [0.1, 0.15) is 36.6 Å². The molecule has 0 aliphatic carbocycles. The van der Waals surface area contributed by atoms with Gasteiger partial charge in [0, 0.05) is 23.3 Å². The Labute approximate surface area is 229 Å². The summed E-state index contributed by atoms with van der Waals surface area (Å²) in [5.74, 6) is 0.415. The molecule has 0 saturated carbocycles. The molecule has 1 aliphatic rings. The molecule has 1 aromatic heterocycles. The summed E-state index contributed by atoms with van der Waals surface area (Å²) in [4.78, 5) is 43.0. The lowest BCUT2D eigenvalue weighted by Gasteiger charge is -2.24. The number of ether oxygens (including phenoxy) is 3. The number of halogens is 1. The number of aromatic nitrogens is 1. The fraction of sp³-hybridized carbons (Fsp3) is 0.269. The minimum atomic E-state index is -0.962. The van der Waals surface area contributed by atoms with E-state index in [9.17, 15) is 19.7 Å². The Morgan fingerprint density at radius 1 is 1.21 bits per heavy atom. The van der Waals surface area contributed by atoms with E-state index in [-0.39, 0.29) is 17.9 Å². The van der Waals surface area contributed by atoms with Crippen LogP contribution < -0.4 is 24.4 Å². The van der Waals surface area contributed by atoms with E-state index in [1.54, 1.807) is 51.1 Å².